The van der Waals surface area contributed by atoms with Crippen LogP contribution in [0.5, 0.6) is 0 Å². The number of rotatable bonds is 4. The molecule has 1 fully saturated rings. The van der Waals surface area contributed by atoms with E-state index in [0.29, 0.717) is 6.04 Å². The number of hydrogen-bond donors (Lipinski definition) is 2. The summed E-state index contributed by atoms with van der Waals surface area (Å²) in [6.07, 6.45) is 4.74. The lowest BCUT2D eigenvalue weighted by Crippen LogP contribution is -2.42. The molecule has 1 aliphatic rings. The molecule has 3 nitrogen and oxygen atoms in total. The van der Waals surface area contributed by atoms with E-state index >= 15 is 0 Å². The Balaban J connectivity index is 1.82. The summed E-state index contributed by atoms with van der Waals surface area (Å²) in [5, 5.41) is 6.30. The van der Waals surface area contributed by atoms with E-state index in [2.05, 4.69) is 10.6 Å². The molecule has 1 aromatic carbocycles. The second-order valence-corrected chi connectivity index (χ2v) is 4.72. The molecular weight excluding hydrogens is 212 g/mol. The van der Waals surface area contributed by atoms with Gasteiger partial charge in [-0.15, -0.1) is 0 Å². The molecule has 0 aliphatic heterocycles. The topological polar surface area (TPSA) is 41.1 Å². The average Bonchev–Trinajstić information content (AvgIpc) is 2.83. The molecule has 92 valence electrons. The van der Waals surface area contributed by atoms with Crippen LogP contribution in [0.1, 0.15) is 32.6 Å². The third-order valence-corrected chi connectivity index (χ3v) is 3.25. The summed E-state index contributed by atoms with van der Waals surface area (Å²) in [4.78, 5) is 11.9. The van der Waals surface area contributed by atoms with Crippen LogP contribution in [0.4, 0.5) is 5.69 Å². The predicted molar refractivity (Wildman–Crippen MR) is 69.9 cm³/mol. The Morgan fingerprint density at radius 2 is 1.88 bits per heavy atom. The third kappa shape index (κ3) is 3.48. The summed E-state index contributed by atoms with van der Waals surface area (Å²) in [7, 11) is 0. The molecule has 1 amide bonds. The van der Waals surface area contributed by atoms with Crippen LogP contribution in [-0.2, 0) is 4.79 Å². The molecule has 1 aliphatic carbocycles. The monoisotopic (exact) mass is 232 g/mol. The van der Waals surface area contributed by atoms with Crippen LogP contribution in [-0.4, -0.2) is 18.0 Å². The Morgan fingerprint density at radius 3 is 2.53 bits per heavy atom. The quantitative estimate of drug-likeness (QED) is 0.837. The summed E-state index contributed by atoms with van der Waals surface area (Å²) in [5.41, 5.74) is 0.988. The lowest BCUT2D eigenvalue weighted by Gasteiger charge is -2.18. The Bertz CT molecular complexity index is 358. The Kier molecular flexibility index (Phi) is 4.02. The van der Waals surface area contributed by atoms with Gasteiger partial charge >= 0.3 is 0 Å². The second-order valence-electron chi connectivity index (χ2n) is 4.72. The zero-order valence-electron chi connectivity index (χ0n) is 10.3. The summed E-state index contributed by atoms with van der Waals surface area (Å²) in [6, 6.07) is 10.0. The van der Waals surface area contributed by atoms with Crippen LogP contribution < -0.4 is 10.6 Å². The molecule has 0 bridgehead atoms. The van der Waals surface area contributed by atoms with Crippen LogP contribution in [0, 0.1) is 0 Å². The van der Waals surface area contributed by atoms with Crippen LogP contribution in [0.2, 0.25) is 0 Å². The lowest BCUT2D eigenvalue weighted by atomic mass is 10.2. The minimum atomic E-state index is -0.182. The van der Waals surface area contributed by atoms with Crippen molar-refractivity contribution in [1.29, 1.82) is 0 Å². The number of hydrogen-bond acceptors (Lipinski definition) is 2. The van der Waals surface area contributed by atoms with E-state index in [9.17, 15) is 4.79 Å². The normalized spacial score (nSPS) is 17.7. The van der Waals surface area contributed by atoms with E-state index in [1.54, 1.807) is 0 Å². The number of carbonyl (C=O) groups excluding carboxylic acids is 1. The number of amides is 1. The molecule has 0 radical (unpaired) electrons. The van der Waals surface area contributed by atoms with Crippen LogP contribution in [0.25, 0.3) is 0 Å². The van der Waals surface area contributed by atoms with Crippen molar-refractivity contribution in [2.45, 2.75) is 44.7 Å². The van der Waals surface area contributed by atoms with Gasteiger partial charge in [-0.05, 0) is 31.9 Å². The highest BCUT2D eigenvalue weighted by atomic mass is 16.2. The highest BCUT2D eigenvalue weighted by molar-refractivity contribution is 5.84. The van der Waals surface area contributed by atoms with Crippen molar-refractivity contribution in [2.24, 2.45) is 0 Å². The first-order chi connectivity index (χ1) is 8.25. The van der Waals surface area contributed by atoms with Crippen molar-refractivity contribution >= 4 is 11.6 Å². The smallest absolute Gasteiger partial charge is 0.242 e. The van der Waals surface area contributed by atoms with Gasteiger partial charge < -0.3 is 10.6 Å². The second kappa shape index (κ2) is 5.71. The Labute approximate surface area is 103 Å². The van der Waals surface area contributed by atoms with E-state index in [1.165, 1.54) is 12.8 Å². The van der Waals surface area contributed by atoms with E-state index < -0.39 is 0 Å². The standard InChI is InChI=1S/C14H20N2O/c1-11(15-12-7-3-2-4-8-12)14(17)16-13-9-5-6-10-13/h2-4,7-8,11,13,15H,5-6,9-10H2,1H3,(H,16,17). The zero-order valence-corrected chi connectivity index (χ0v) is 10.3. The van der Waals surface area contributed by atoms with Gasteiger partial charge in [-0.3, -0.25) is 4.79 Å². The summed E-state index contributed by atoms with van der Waals surface area (Å²) >= 11 is 0. The summed E-state index contributed by atoms with van der Waals surface area (Å²) in [5.74, 6) is 0.0979. The first kappa shape index (κ1) is 12.0. The zero-order chi connectivity index (χ0) is 12.1. The van der Waals surface area contributed by atoms with E-state index in [-0.39, 0.29) is 11.9 Å². The Morgan fingerprint density at radius 1 is 1.24 bits per heavy atom. The molecule has 0 spiro atoms. The first-order valence-electron chi connectivity index (χ1n) is 6.37. The van der Waals surface area contributed by atoms with E-state index in [1.807, 2.05) is 37.3 Å². The SMILES string of the molecule is CC(Nc1ccccc1)C(=O)NC1CCCC1. The van der Waals surface area contributed by atoms with Crippen molar-refractivity contribution in [3.63, 3.8) is 0 Å². The fourth-order valence-electron chi connectivity index (χ4n) is 2.25. The van der Waals surface area contributed by atoms with Gasteiger partial charge in [0, 0.05) is 11.7 Å². The number of nitrogens with one attached hydrogen (secondary N) is 2. The molecule has 1 aromatic rings. The molecule has 3 heteroatoms. The lowest BCUT2D eigenvalue weighted by molar-refractivity contribution is -0.122. The summed E-state index contributed by atoms with van der Waals surface area (Å²) in [6.45, 7) is 1.90. The molecule has 2 rings (SSSR count). The van der Waals surface area contributed by atoms with Gasteiger partial charge in [0.05, 0.1) is 0 Å². The highest BCUT2D eigenvalue weighted by Gasteiger charge is 2.20. The van der Waals surface area contributed by atoms with Crippen molar-refractivity contribution in [3.05, 3.63) is 30.3 Å². The van der Waals surface area contributed by atoms with Gasteiger partial charge in [-0.1, -0.05) is 31.0 Å². The maximum atomic E-state index is 11.9. The van der Waals surface area contributed by atoms with Gasteiger partial charge in [0.1, 0.15) is 6.04 Å². The van der Waals surface area contributed by atoms with Gasteiger partial charge in [-0.2, -0.15) is 0 Å². The number of para-hydroxylation sites is 1. The van der Waals surface area contributed by atoms with Crippen molar-refractivity contribution in [2.75, 3.05) is 5.32 Å². The van der Waals surface area contributed by atoms with Crippen molar-refractivity contribution in [1.82, 2.24) is 5.32 Å². The predicted octanol–water partition coefficient (Wildman–Crippen LogP) is 2.55. The van der Waals surface area contributed by atoms with Gasteiger partial charge in [0.25, 0.3) is 0 Å². The fourth-order valence-corrected chi connectivity index (χ4v) is 2.25. The molecule has 0 heterocycles. The molecule has 1 atom stereocenters. The van der Waals surface area contributed by atoms with Crippen molar-refractivity contribution in [3.8, 4) is 0 Å². The van der Waals surface area contributed by atoms with Gasteiger partial charge in [0.15, 0.2) is 0 Å². The van der Waals surface area contributed by atoms with E-state index in [4.69, 9.17) is 0 Å². The maximum Gasteiger partial charge on any atom is 0.242 e. The first-order valence-corrected chi connectivity index (χ1v) is 6.37. The van der Waals surface area contributed by atoms with Crippen molar-refractivity contribution < 1.29 is 4.79 Å². The third-order valence-electron chi connectivity index (χ3n) is 3.25. The molecule has 0 saturated heterocycles. The number of carbonyl (C=O) groups is 1. The highest BCUT2D eigenvalue weighted by Crippen LogP contribution is 2.17. The largest absolute Gasteiger partial charge is 0.374 e. The molecule has 1 unspecified atom stereocenters. The molecule has 2 N–H and O–H groups in total. The molecule has 17 heavy (non-hydrogen) atoms. The minimum absolute atomic E-state index is 0.0979. The average molecular weight is 232 g/mol. The maximum absolute atomic E-state index is 11.9. The number of anilines is 1. The fraction of sp³-hybridized carbons (Fsp3) is 0.500. The summed E-state index contributed by atoms with van der Waals surface area (Å²) < 4.78 is 0. The molecule has 1 saturated carbocycles. The molecule has 0 aromatic heterocycles. The van der Waals surface area contributed by atoms with Gasteiger partial charge in [-0.25, -0.2) is 0 Å². The van der Waals surface area contributed by atoms with Crippen LogP contribution >= 0.6 is 0 Å². The minimum Gasteiger partial charge on any atom is -0.374 e. The van der Waals surface area contributed by atoms with E-state index in [0.717, 1.165) is 18.5 Å². The Hall–Kier alpha value is -1.51. The number of benzene rings is 1. The van der Waals surface area contributed by atoms with Crippen LogP contribution in [0.3, 0.4) is 0 Å². The van der Waals surface area contributed by atoms with Gasteiger partial charge in [0.2, 0.25) is 5.91 Å². The van der Waals surface area contributed by atoms with Crippen LogP contribution in [0.15, 0.2) is 30.3 Å². The molecular formula is C14H20N2O.